The van der Waals surface area contributed by atoms with E-state index in [1.54, 1.807) is 0 Å². The Kier molecular flexibility index (Phi) is 5.78. The van der Waals surface area contributed by atoms with E-state index in [1.165, 1.54) is 12.0 Å². The Balaban J connectivity index is 1.77. The van der Waals surface area contributed by atoms with Gasteiger partial charge in [0.1, 0.15) is 12.6 Å². The van der Waals surface area contributed by atoms with Crippen LogP contribution in [0.3, 0.4) is 0 Å². The highest BCUT2D eigenvalue weighted by atomic mass is 16.5. The molecule has 0 radical (unpaired) electrons. The number of nitrogens with zero attached hydrogens (tertiary/aromatic N) is 1. The number of rotatable bonds is 5. The summed E-state index contributed by atoms with van der Waals surface area (Å²) < 4.78 is 6.21. The summed E-state index contributed by atoms with van der Waals surface area (Å²) in [5, 5.41) is 12.2. The van der Waals surface area contributed by atoms with E-state index in [9.17, 15) is 5.11 Å². The van der Waals surface area contributed by atoms with Crippen molar-refractivity contribution in [2.75, 3.05) is 6.61 Å². The molecule has 3 heteroatoms. The Hall–Kier alpha value is -2.13. The molecule has 0 saturated heterocycles. The molecule has 2 aliphatic rings. The van der Waals surface area contributed by atoms with Crippen molar-refractivity contribution in [3.63, 3.8) is 0 Å². The van der Waals surface area contributed by atoms with Crippen molar-refractivity contribution in [2.24, 2.45) is 22.7 Å². The van der Waals surface area contributed by atoms with E-state index >= 15 is 0 Å². The molecule has 1 saturated carbocycles. The zero-order chi connectivity index (χ0) is 20.4. The van der Waals surface area contributed by atoms with Crippen molar-refractivity contribution in [2.45, 2.75) is 57.6 Å². The molecule has 1 N–H and O–H groups in total. The third-order valence-electron chi connectivity index (χ3n) is 6.83. The normalized spacial score (nSPS) is 30.7. The van der Waals surface area contributed by atoms with Crippen LogP contribution in [0.4, 0.5) is 0 Å². The first-order chi connectivity index (χ1) is 14.0. The molecule has 1 aliphatic heterocycles. The zero-order valence-corrected chi connectivity index (χ0v) is 17.8. The van der Waals surface area contributed by atoms with Gasteiger partial charge >= 0.3 is 0 Å². The average Bonchev–Trinajstić information content (AvgIpc) is 3.18. The van der Waals surface area contributed by atoms with Gasteiger partial charge < -0.3 is 9.84 Å². The maximum Gasteiger partial charge on any atom is 0.194 e. The Labute approximate surface area is 174 Å². The van der Waals surface area contributed by atoms with Crippen LogP contribution in [0.15, 0.2) is 65.7 Å². The quantitative estimate of drug-likeness (QED) is 0.704. The van der Waals surface area contributed by atoms with E-state index in [1.807, 2.05) is 36.4 Å². The first-order valence-corrected chi connectivity index (χ1v) is 11.0. The molecule has 1 fully saturated rings. The van der Waals surface area contributed by atoms with Gasteiger partial charge in [0.2, 0.25) is 0 Å². The number of ether oxygens (including phenoxy) is 1. The lowest BCUT2D eigenvalue weighted by molar-refractivity contribution is -0.0891. The van der Waals surface area contributed by atoms with E-state index in [-0.39, 0.29) is 17.9 Å². The predicted molar refractivity (Wildman–Crippen MR) is 118 cm³/mol. The molecular formula is C26H33NO2. The molecule has 4 rings (SSSR count). The van der Waals surface area contributed by atoms with Crippen molar-refractivity contribution < 1.29 is 9.84 Å². The minimum Gasteiger partial charge on any atom is -0.478 e. The fourth-order valence-electron chi connectivity index (χ4n) is 5.45. The van der Waals surface area contributed by atoms with Gasteiger partial charge in [-0.2, -0.15) is 0 Å². The highest BCUT2D eigenvalue weighted by molar-refractivity contribution is 5.86. The number of hydrogen-bond donors (Lipinski definition) is 1. The smallest absolute Gasteiger partial charge is 0.194 e. The third-order valence-corrected chi connectivity index (χ3v) is 6.83. The maximum atomic E-state index is 12.2. The first-order valence-electron chi connectivity index (χ1n) is 11.0. The second kappa shape index (κ2) is 8.31. The summed E-state index contributed by atoms with van der Waals surface area (Å²) in [6.45, 7) is 7.27. The number of benzene rings is 2. The molecule has 5 atom stereocenters. The SMILES string of the molecule is CC(C)[C@@H]1CC[C@@H](C)C[C@]1(O)[C@H](C1=N[C@H](c2ccccc2)CO1)c1ccccc1. The summed E-state index contributed by atoms with van der Waals surface area (Å²) in [7, 11) is 0. The summed E-state index contributed by atoms with van der Waals surface area (Å²) >= 11 is 0. The lowest BCUT2D eigenvalue weighted by Crippen LogP contribution is -2.52. The van der Waals surface area contributed by atoms with E-state index in [2.05, 4.69) is 45.0 Å². The van der Waals surface area contributed by atoms with Crippen LogP contribution in [-0.4, -0.2) is 23.2 Å². The van der Waals surface area contributed by atoms with Crippen LogP contribution in [0.5, 0.6) is 0 Å². The van der Waals surface area contributed by atoms with Crippen LogP contribution in [0.2, 0.25) is 0 Å². The number of hydrogen-bond acceptors (Lipinski definition) is 3. The van der Waals surface area contributed by atoms with Gasteiger partial charge in [-0.05, 0) is 41.7 Å². The van der Waals surface area contributed by atoms with Crippen molar-refractivity contribution in [1.29, 1.82) is 0 Å². The monoisotopic (exact) mass is 391 g/mol. The maximum absolute atomic E-state index is 12.2. The van der Waals surface area contributed by atoms with Gasteiger partial charge in [-0.15, -0.1) is 0 Å². The molecule has 29 heavy (non-hydrogen) atoms. The van der Waals surface area contributed by atoms with Crippen LogP contribution in [0.1, 0.15) is 63.1 Å². The lowest BCUT2D eigenvalue weighted by atomic mass is 9.60. The number of aliphatic imine (C=N–C) groups is 1. The van der Waals surface area contributed by atoms with Gasteiger partial charge in [-0.1, -0.05) is 87.9 Å². The molecule has 0 bridgehead atoms. The Morgan fingerprint density at radius 1 is 1.00 bits per heavy atom. The molecule has 2 aromatic rings. The minimum absolute atomic E-state index is 0.000439. The number of aliphatic hydroxyl groups is 1. The van der Waals surface area contributed by atoms with E-state index < -0.39 is 5.60 Å². The van der Waals surface area contributed by atoms with Crippen LogP contribution in [-0.2, 0) is 4.74 Å². The lowest BCUT2D eigenvalue weighted by Gasteiger charge is -2.48. The van der Waals surface area contributed by atoms with Gasteiger partial charge in [0.15, 0.2) is 5.90 Å². The van der Waals surface area contributed by atoms with Gasteiger partial charge in [0.05, 0.1) is 11.5 Å². The van der Waals surface area contributed by atoms with Crippen LogP contribution in [0.25, 0.3) is 0 Å². The highest BCUT2D eigenvalue weighted by Gasteiger charge is 2.52. The Morgan fingerprint density at radius 3 is 2.31 bits per heavy atom. The predicted octanol–water partition coefficient (Wildman–Crippen LogP) is 5.76. The highest BCUT2D eigenvalue weighted by Crippen LogP contribution is 2.50. The average molecular weight is 392 g/mol. The molecule has 3 nitrogen and oxygen atoms in total. The van der Waals surface area contributed by atoms with Crippen LogP contribution in [0, 0.1) is 17.8 Å². The summed E-state index contributed by atoms with van der Waals surface area (Å²) in [5.41, 5.74) is 1.42. The molecule has 0 aromatic heterocycles. The third kappa shape index (κ3) is 3.98. The molecule has 0 amide bonds. The second-order valence-electron chi connectivity index (χ2n) is 9.28. The van der Waals surface area contributed by atoms with E-state index in [0.717, 1.165) is 18.4 Å². The summed E-state index contributed by atoms with van der Waals surface area (Å²) in [6.07, 6.45) is 3.01. The van der Waals surface area contributed by atoms with Crippen LogP contribution >= 0.6 is 0 Å². The van der Waals surface area contributed by atoms with Gasteiger partial charge in [0, 0.05) is 0 Å². The molecular weight excluding hydrogens is 358 g/mol. The summed E-state index contributed by atoms with van der Waals surface area (Å²) in [5.74, 6) is 1.60. The fourth-order valence-corrected chi connectivity index (χ4v) is 5.45. The van der Waals surface area contributed by atoms with E-state index in [4.69, 9.17) is 9.73 Å². The fraction of sp³-hybridized carbons (Fsp3) is 0.500. The summed E-state index contributed by atoms with van der Waals surface area (Å²) in [4.78, 5) is 5.01. The standard InChI is InChI=1S/C26H33NO2/c1-18(2)22-15-14-19(3)16-26(22,28)24(21-12-8-5-9-13-21)25-27-23(17-29-25)20-10-6-4-7-11-20/h4-13,18-19,22-24,28H,14-17H2,1-3H3/t19-,22+,23+,24+,26-/m1/s1. The molecule has 2 aromatic carbocycles. The second-order valence-corrected chi connectivity index (χ2v) is 9.28. The summed E-state index contributed by atoms with van der Waals surface area (Å²) in [6, 6.07) is 20.7. The van der Waals surface area contributed by atoms with Crippen molar-refractivity contribution in [3.05, 3.63) is 71.8 Å². The topological polar surface area (TPSA) is 41.8 Å². The largest absolute Gasteiger partial charge is 0.478 e. The molecule has 1 aliphatic carbocycles. The minimum atomic E-state index is -0.850. The molecule has 0 spiro atoms. The Bertz CT molecular complexity index is 832. The van der Waals surface area contributed by atoms with E-state index in [0.29, 0.717) is 24.3 Å². The molecule has 0 unspecified atom stereocenters. The van der Waals surface area contributed by atoms with Crippen LogP contribution < -0.4 is 0 Å². The first kappa shape index (κ1) is 20.2. The Morgan fingerprint density at radius 2 is 1.66 bits per heavy atom. The van der Waals surface area contributed by atoms with Gasteiger partial charge in [-0.25, -0.2) is 4.99 Å². The van der Waals surface area contributed by atoms with Crippen molar-refractivity contribution >= 4 is 5.90 Å². The molecule has 154 valence electrons. The van der Waals surface area contributed by atoms with Gasteiger partial charge in [-0.3, -0.25) is 0 Å². The molecule has 1 heterocycles. The van der Waals surface area contributed by atoms with Gasteiger partial charge in [0.25, 0.3) is 0 Å². The van der Waals surface area contributed by atoms with Crippen molar-refractivity contribution in [3.8, 4) is 0 Å². The zero-order valence-electron chi connectivity index (χ0n) is 17.8. The van der Waals surface area contributed by atoms with Crippen molar-refractivity contribution in [1.82, 2.24) is 0 Å².